The van der Waals surface area contributed by atoms with E-state index in [1.807, 2.05) is 43.3 Å². The Balaban J connectivity index is 1.43. The Labute approximate surface area is 178 Å². The molecule has 1 fully saturated rings. The van der Waals surface area contributed by atoms with Crippen molar-refractivity contribution < 1.29 is 14.3 Å². The van der Waals surface area contributed by atoms with Gasteiger partial charge < -0.3 is 14.3 Å². The van der Waals surface area contributed by atoms with Gasteiger partial charge in [0, 0.05) is 18.2 Å². The normalized spacial score (nSPS) is 17.2. The number of piperidine rings is 1. The highest BCUT2D eigenvalue weighted by atomic mass is 16.5. The first-order valence-electron chi connectivity index (χ1n) is 10.7. The Morgan fingerprint density at radius 2 is 1.87 bits per heavy atom. The van der Waals surface area contributed by atoms with Crippen LogP contribution in [0, 0.1) is 6.92 Å². The van der Waals surface area contributed by atoms with Crippen LogP contribution in [0.15, 0.2) is 52.9 Å². The first-order valence-corrected chi connectivity index (χ1v) is 10.7. The molecule has 1 N–H and O–H groups in total. The first-order chi connectivity index (χ1) is 14.6. The van der Waals surface area contributed by atoms with E-state index in [0.717, 1.165) is 48.7 Å². The second-order valence-electron chi connectivity index (χ2n) is 8.08. The molecule has 158 valence electrons. The number of rotatable bonds is 7. The van der Waals surface area contributed by atoms with E-state index in [1.54, 1.807) is 19.2 Å². The maximum absolute atomic E-state index is 9.49. The monoisotopic (exact) mass is 406 g/mol. The molecule has 2 heterocycles. The highest BCUT2D eigenvalue weighted by molar-refractivity contribution is 5.55. The fraction of sp³-hybridized carbons (Fsp3) is 0.400. The summed E-state index contributed by atoms with van der Waals surface area (Å²) in [5.41, 5.74) is 3.27. The minimum atomic E-state index is 0.326. The number of phenolic OH excluding ortho intramolecular Hbond substituents is 1. The summed E-state index contributed by atoms with van der Waals surface area (Å²) in [4.78, 5) is 7.38. The molecule has 1 aliphatic rings. The van der Waals surface area contributed by atoms with Crippen LogP contribution in [0.5, 0.6) is 11.5 Å². The fourth-order valence-electron chi connectivity index (χ4n) is 4.22. The van der Waals surface area contributed by atoms with Crippen LogP contribution in [0.3, 0.4) is 0 Å². The second kappa shape index (κ2) is 9.35. The molecule has 0 spiro atoms. The van der Waals surface area contributed by atoms with E-state index in [4.69, 9.17) is 14.1 Å². The molecule has 4 rings (SSSR count). The van der Waals surface area contributed by atoms with Crippen molar-refractivity contribution in [3.63, 3.8) is 0 Å². The number of methoxy groups -OCH3 is 1. The summed E-state index contributed by atoms with van der Waals surface area (Å²) in [7, 11) is 1.67. The number of hydrogen-bond acceptors (Lipinski definition) is 5. The molecule has 5 nitrogen and oxygen atoms in total. The maximum Gasteiger partial charge on any atom is 0.226 e. The zero-order chi connectivity index (χ0) is 20.9. The van der Waals surface area contributed by atoms with E-state index in [9.17, 15) is 5.11 Å². The Bertz CT molecular complexity index is 948. The van der Waals surface area contributed by atoms with Gasteiger partial charge in [-0.3, -0.25) is 4.90 Å². The Kier molecular flexibility index (Phi) is 6.38. The van der Waals surface area contributed by atoms with Crippen molar-refractivity contribution in [3.05, 3.63) is 65.5 Å². The molecule has 0 saturated carbocycles. The number of hydrogen-bond donors (Lipinski definition) is 1. The van der Waals surface area contributed by atoms with Gasteiger partial charge in [0.25, 0.3) is 0 Å². The van der Waals surface area contributed by atoms with E-state index in [2.05, 4.69) is 4.90 Å². The van der Waals surface area contributed by atoms with Gasteiger partial charge >= 0.3 is 0 Å². The molecule has 1 unspecified atom stereocenters. The van der Waals surface area contributed by atoms with E-state index in [0.29, 0.717) is 17.7 Å². The summed E-state index contributed by atoms with van der Waals surface area (Å²) in [6.07, 6.45) is 5.88. The minimum absolute atomic E-state index is 0.326. The lowest BCUT2D eigenvalue weighted by Gasteiger charge is -2.35. The summed E-state index contributed by atoms with van der Waals surface area (Å²) in [6, 6.07) is 16.0. The summed E-state index contributed by atoms with van der Waals surface area (Å²) in [5, 5.41) is 9.49. The number of ether oxygens (including phenoxy) is 1. The quantitative estimate of drug-likeness (QED) is 0.573. The maximum atomic E-state index is 9.49. The lowest BCUT2D eigenvalue weighted by Crippen LogP contribution is -2.39. The molecule has 1 aromatic heterocycles. The van der Waals surface area contributed by atoms with Gasteiger partial charge in [-0.15, -0.1) is 0 Å². The first kappa shape index (κ1) is 20.5. The molecular formula is C25H30N2O3. The molecule has 5 heteroatoms. The Morgan fingerprint density at radius 1 is 1.10 bits per heavy atom. The number of aromatic nitrogens is 1. The number of aryl methyl sites for hydroxylation is 2. The van der Waals surface area contributed by atoms with Gasteiger partial charge in [-0.1, -0.05) is 18.6 Å². The number of nitrogens with zero attached hydrogens (tertiary/aromatic N) is 2. The van der Waals surface area contributed by atoms with Crippen molar-refractivity contribution in [2.45, 2.75) is 51.6 Å². The standard InChI is InChI=1S/C25H30N2O3/c1-18-24(26-25(30-18)20-9-14-23(29-2)15-10-20)17-27-16-4-3-5-21(27)11-6-19-7-12-22(28)13-8-19/h7-10,12-15,21,28H,3-6,11,16-17H2,1-2H3. The van der Waals surface area contributed by atoms with Gasteiger partial charge in [0.15, 0.2) is 0 Å². The average Bonchev–Trinajstić information content (AvgIpc) is 3.14. The molecule has 1 saturated heterocycles. The third kappa shape index (κ3) is 4.85. The molecular weight excluding hydrogens is 376 g/mol. The van der Waals surface area contributed by atoms with Crippen LogP contribution in [0.1, 0.15) is 42.7 Å². The molecule has 0 bridgehead atoms. The third-order valence-electron chi connectivity index (χ3n) is 6.03. The smallest absolute Gasteiger partial charge is 0.226 e. The molecule has 3 aromatic rings. The van der Waals surface area contributed by atoms with Gasteiger partial charge in [0.05, 0.1) is 12.8 Å². The van der Waals surface area contributed by atoms with Gasteiger partial charge in [-0.2, -0.15) is 0 Å². The van der Waals surface area contributed by atoms with Crippen LogP contribution in [-0.2, 0) is 13.0 Å². The van der Waals surface area contributed by atoms with Gasteiger partial charge in [0.2, 0.25) is 5.89 Å². The van der Waals surface area contributed by atoms with Crippen molar-refractivity contribution in [2.24, 2.45) is 0 Å². The van der Waals surface area contributed by atoms with E-state index in [-0.39, 0.29) is 0 Å². The van der Waals surface area contributed by atoms with Crippen LogP contribution in [-0.4, -0.2) is 34.7 Å². The summed E-state index contributed by atoms with van der Waals surface area (Å²) >= 11 is 0. The zero-order valence-electron chi connectivity index (χ0n) is 17.8. The van der Waals surface area contributed by atoms with Gasteiger partial charge in [-0.25, -0.2) is 4.98 Å². The predicted octanol–water partition coefficient (Wildman–Crippen LogP) is 5.35. The summed E-state index contributed by atoms with van der Waals surface area (Å²) in [6.45, 7) is 3.93. The van der Waals surface area contributed by atoms with Crippen molar-refractivity contribution in [3.8, 4) is 23.0 Å². The van der Waals surface area contributed by atoms with Crippen LogP contribution >= 0.6 is 0 Å². The van der Waals surface area contributed by atoms with E-state index >= 15 is 0 Å². The number of benzene rings is 2. The SMILES string of the molecule is COc1ccc(-c2nc(CN3CCCCC3CCc3ccc(O)cc3)c(C)o2)cc1. The van der Waals surface area contributed by atoms with Crippen LogP contribution in [0.25, 0.3) is 11.5 Å². The topological polar surface area (TPSA) is 58.7 Å². The summed E-state index contributed by atoms with van der Waals surface area (Å²) in [5.74, 6) is 2.71. The molecule has 0 radical (unpaired) electrons. The largest absolute Gasteiger partial charge is 0.508 e. The predicted molar refractivity (Wildman–Crippen MR) is 118 cm³/mol. The van der Waals surface area contributed by atoms with Crippen molar-refractivity contribution in [1.29, 1.82) is 0 Å². The fourth-order valence-corrected chi connectivity index (χ4v) is 4.22. The Hall–Kier alpha value is -2.79. The number of oxazole rings is 1. The van der Waals surface area contributed by atoms with Gasteiger partial charge in [-0.05, 0) is 81.1 Å². The van der Waals surface area contributed by atoms with Crippen molar-refractivity contribution >= 4 is 0 Å². The highest BCUT2D eigenvalue weighted by Gasteiger charge is 2.24. The Morgan fingerprint density at radius 3 is 2.60 bits per heavy atom. The number of aromatic hydroxyl groups is 1. The molecule has 0 amide bonds. The van der Waals surface area contributed by atoms with Crippen molar-refractivity contribution in [2.75, 3.05) is 13.7 Å². The average molecular weight is 407 g/mol. The van der Waals surface area contributed by atoms with Crippen LogP contribution in [0.4, 0.5) is 0 Å². The van der Waals surface area contributed by atoms with Crippen LogP contribution in [0.2, 0.25) is 0 Å². The lowest BCUT2D eigenvalue weighted by atomic mass is 9.95. The van der Waals surface area contributed by atoms with E-state index in [1.165, 1.54) is 24.8 Å². The molecule has 30 heavy (non-hydrogen) atoms. The highest BCUT2D eigenvalue weighted by Crippen LogP contribution is 2.28. The molecule has 1 atom stereocenters. The molecule has 1 aliphatic heterocycles. The zero-order valence-corrected chi connectivity index (χ0v) is 17.8. The van der Waals surface area contributed by atoms with Crippen molar-refractivity contribution in [1.82, 2.24) is 9.88 Å². The molecule has 0 aliphatic carbocycles. The van der Waals surface area contributed by atoms with E-state index < -0.39 is 0 Å². The van der Waals surface area contributed by atoms with Gasteiger partial charge in [0.1, 0.15) is 17.3 Å². The number of phenols is 1. The molecule has 2 aromatic carbocycles. The number of likely N-dealkylation sites (tertiary alicyclic amines) is 1. The lowest BCUT2D eigenvalue weighted by molar-refractivity contribution is 0.130. The summed E-state index contributed by atoms with van der Waals surface area (Å²) < 4.78 is 11.2. The second-order valence-corrected chi connectivity index (χ2v) is 8.08. The van der Waals surface area contributed by atoms with Crippen LogP contribution < -0.4 is 4.74 Å². The minimum Gasteiger partial charge on any atom is -0.508 e. The third-order valence-corrected chi connectivity index (χ3v) is 6.03.